The van der Waals surface area contributed by atoms with Crippen molar-refractivity contribution in [2.75, 3.05) is 7.11 Å². The van der Waals surface area contributed by atoms with Crippen molar-refractivity contribution in [3.05, 3.63) is 64.8 Å². The molecule has 3 aliphatic rings. The number of carbonyl (C=O) groups excluding carboxylic acids is 1. The minimum absolute atomic E-state index is 0.172. The minimum atomic E-state index is -4.70. The van der Waals surface area contributed by atoms with Gasteiger partial charge in [-0.2, -0.15) is 18.3 Å². The second-order valence-electron chi connectivity index (χ2n) is 9.37. The van der Waals surface area contributed by atoms with Crippen LogP contribution in [0.15, 0.2) is 47.7 Å². The van der Waals surface area contributed by atoms with Crippen LogP contribution in [0.3, 0.4) is 0 Å². The van der Waals surface area contributed by atoms with Crippen LogP contribution in [-0.4, -0.2) is 29.0 Å². The van der Waals surface area contributed by atoms with Crippen molar-refractivity contribution < 1.29 is 27.1 Å². The summed E-state index contributed by atoms with van der Waals surface area (Å²) in [6.45, 7) is 1.97. The van der Waals surface area contributed by atoms with Gasteiger partial charge in [0.25, 0.3) is 0 Å². The monoisotopic (exact) mass is 460 g/mol. The third kappa shape index (κ3) is 3.02. The summed E-state index contributed by atoms with van der Waals surface area (Å²) in [6, 6.07) is 6.02. The Labute approximate surface area is 188 Å². The number of fused-ring (bicyclic) bond motifs is 4. The molecular formula is C25H24F4N2O2. The maximum atomic E-state index is 14.4. The fourth-order valence-corrected chi connectivity index (χ4v) is 6.15. The molecule has 1 saturated carbocycles. The summed E-state index contributed by atoms with van der Waals surface area (Å²) in [6.07, 6.45) is 1.98. The van der Waals surface area contributed by atoms with Gasteiger partial charge in [-0.05, 0) is 68.0 Å². The molecule has 33 heavy (non-hydrogen) atoms. The summed E-state index contributed by atoms with van der Waals surface area (Å²) in [7, 11) is 1.03. The van der Waals surface area contributed by atoms with E-state index < -0.39 is 28.9 Å². The molecule has 0 unspecified atom stereocenters. The average Bonchev–Trinajstić information content (AvgIpc) is 3.18. The van der Waals surface area contributed by atoms with Crippen LogP contribution in [0.5, 0.6) is 0 Å². The van der Waals surface area contributed by atoms with Crippen molar-refractivity contribution in [1.29, 1.82) is 0 Å². The lowest BCUT2D eigenvalue weighted by molar-refractivity contribution is -0.250. The summed E-state index contributed by atoms with van der Waals surface area (Å²) in [5.74, 6) is -2.48. The number of hydrogen-bond acceptors (Lipinski definition) is 3. The highest BCUT2D eigenvalue weighted by atomic mass is 19.4. The number of ether oxygens (including phenoxy) is 1. The molecule has 1 heterocycles. The van der Waals surface area contributed by atoms with Crippen LogP contribution in [0.1, 0.15) is 43.9 Å². The van der Waals surface area contributed by atoms with Crippen molar-refractivity contribution in [1.82, 2.24) is 9.78 Å². The number of nitrogens with zero attached hydrogens (tertiary/aromatic N) is 2. The SMILES string of the molecule is COC(=O)[C@@]1(C(F)(F)F)CCC=C2[C@@H]1CCC1=Cc3c(cnn3-c3ccc(F)cc3)C[C@@]12C. The summed E-state index contributed by atoms with van der Waals surface area (Å²) in [5, 5.41) is 4.48. The largest absolute Gasteiger partial charge is 0.468 e. The molecule has 0 bridgehead atoms. The highest BCUT2D eigenvalue weighted by Crippen LogP contribution is 2.63. The number of alkyl halides is 3. The topological polar surface area (TPSA) is 44.1 Å². The van der Waals surface area contributed by atoms with Gasteiger partial charge in [-0.1, -0.05) is 24.1 Å². The molecule has 0 spiro atoms. The molecule has 3 aliphatic carbocycles. The van der Waals surface area contributed by atoms with Gasteiger partial charge in [-0.3, -0.25) is 4.79 Å². The molecule has 0 radical (unpaired) electrons. The quantitative estimate of drug-likeness (QED) is 0.323. The van der Waals surface area contributed by atoms with Gasteiger partial charge >= 0.3 is 12.1 Å². The second kappa shape index (κ2) is 7.30. The van der Waals surface area contributed by atoms with E-state index in [1.165, 1.54) is 12.1 Å². The van der Waals surface area contributed by atoms with E-state index in [9.17, 15) is 22.4 Å². The van der Waals surface area contributed by atoms with E-state index >= 15 is 0 Å². The predicted molar refractivity (Wildman–Crippen MR) is 114 cm³/mol. The number of benzene rings is 1. The summed E-state index contributed by atoms with van der Waals surface area (Å²) < 4.78 is 63.1. The van der Waals surface area contributed by atoms with Gasteiger partial charge in [0.1, 0.15) is 5.82 Å². The summed E-state index contributed by atoms with van der Waals surface area (Å²) in [4.78, 5) is 12.6. The number of aromatic nitrogens is 2. The zero-order valence-electron chi connectivity index (χ0n) is 18.4. The molecule has 1 fully saturated rings. The lowest BCUT2D eigenvalue weighted by Gasteiger charge is -2.53. The molecule has 0 saturated heterocycles. The first kappa shape index (κ1) is 21.9. The Balaban J connectivity index is 1.58. The number of rotatable bonds is 2. The molecular weight excluding hydrogens is 436 g/mol. The third-order valence-corrected chi connectivity index (χ3v) is 7.79. The van der Waals surface area contributed by atoms with Gasteiger partial charge in [-0.15, -0.1) is 0 Å². The number of allylic oxidation sites excluding steroid dienone is 3. The molecule has 4 nitrogen and oxygen atoms in total. The fraction of sp³-hybridized carbons (Fsp3) is 0.440. The molecule has 0 aliphatic heterocycles. The maximum Gasteiger partial charge on any atom is 0.405 e. The van der Waals surface area contributed by atoms with Crippen LogP contribution in [-0.2, 0) is 16.0 Å². The van der Waals surface area contributed by atoms with Crippen LogP contribution in [0.2, 0.25) is 0 Å². The molecule has 5 rings (SSSR count). The van der Waals surface area contributed by atoms with Crippen molar-refractivity contribution in [2.45, 2.75) is 45.2 Å². The molecule has 0 amide bonds. The Morgan fingerprint density at radius 1 is 1.24 bits per heavy atom. The van der Waals surface area contributed by atoms with E-state index in [0.717, 1.165) is 23.9 Å². The highest BCUT2D eigenvalue weighted by molar-refractivity contribution is 5.80. The molecule has 2 aromatic rings. The Kier molecular flexibility index (Phi) is 4.85. The van der Waals surface area contributed by atoms with Gasteiger partial charge in [0, 0.05) is 11.3 Å². The van der Waals surface area contributed by atoms with Gasteiger partial charge in [-0.25, -0.2) is 9.07 Å². The zero-order valence-corrected chi connectivity index (χ0v) is 18.4. The van der Waals surface area contributed by atoms with E-state index in [1.807, 2.05) is 19.1 Å². The van der Waals surface area contributed by atoms with Crippen LogP contribution >= 0.6 is 0 Å². The Morgan fingerprint density at radius 2 is 1.97 bits per heavy atom. The van der Waals surface area contributed by atoms with Crippen LogP contribution in [0.25, 0.3) is 11.8 Å². The third-order valence-electron chi connectivity index (χ3n) is 7.79. The van der Waals surface area contributed by atoms with Gasteiger partial charge in [0.15, 0.2) is 5.41 Å². The van der Waals surface area contributed by atoms with Crippen LogP contribution < -0.4 is 0 Å². The zero-order chi connectivity index (χ0) is 23.6. The lowest BCUT2D eigenvalue weighted by Crippen LogP contribution is -2.56. The van der Waals surface area contributed by atoms with Crippen molar-refractivity contribution in [2.24, 2.45) is 16.7 Å². The number of esters is 1. The minimum Gasteiger partial charge on any atom is -0.468 e. The fourth-order valence-electron chi connectivity index (χ4n) is 6.15. The first-order valence-electron chi connectivity index (χ1n) is 11.0. The molecule has 1 aromatic carbocycles. The first-order chi connectivity index (χ1) is 15.6. The second-order valence-corrected chi connectivity index (χ2v) is 9.37. The van der Waals surface area contributed by atoms with E-state index in [2.05, 4.69) is 5.10 Å². The summed E-state index contributed by atoms with van der Waals surface area (Å²) >= 11 is 0. The number of carbonyl (C=O) groups is 1. The van der Waals surface area contributed by atoms with E-state index in [1.54, 1.807) is 23.0 Å². The van der Waals surface area contributed by atoms with Gasteiger partial charge in [0.2, 0.25) is 0 Å². The standard InChI is InChI=1S/C25H24F4N2O2/c1-23-13-15-14-30-31(18-8-6-17(26)7-9-18)21(15)12-16(23)5-10-20-19(23)4-3-11-24(20,22(32)33-2)25(27,28)29/h4,6-9,12,14,20H,3,5,10-11,13H2,1-2H3/t20-,23-,24+/m0/s1. The molecule has 8 heteroatoms. The van der Waals surface area contributed by atoms with Crippen molar-refractivity contribution in [3.63, 3.8) is 0 Å². The molecule has 3 atom stereocenters. The van der Waals surface area contributed by atoms with Crippen molar-refractivity contribution in [3.8, 4) is 5.69 Å². The lowest BCUT2D eigenvalue weighted by atomic mass is 9.51. The van der Waals surface area contributed by atoms with Gasteiger partial charge < -0.3 is 4.74 Å². The normalized spacial score (nSPS) is 28.7. The first-order valence-corrected chi connectivity index (χ1v) is 11.0. The molecule has 1 aromatic heterocycles. The van der Waals surface area contributed by atoms with E-state index in [0.29, 0.717) is 24.1 Å². The predicted octanol–water partition coefficient (Wildman–Crippen LogP) is 5.81. The van der Waals surface area contributed by atoms with Crippen LogP contribution in [0.4, 0.5) is 17.6 Å². The Bertz CT molecular complexity index is 1180. The van der Waals surface area contributed by atoms with Crippen LogP contribution in [0, 0.1) is 22.6 Å². The number of methoxy groups -OCH3 is 1. The maximum absolute atomic E-state index is 14.4. The molecule has 0 N–H and O–H groups in total. The average molecular weight is 460 g/mol. The number of halogens is 4. The summed E-state index contributed by atoms with van der Waals surface area (Å²) in [5.41, 5.74) is 1.05. The Hall–Kier alpha value is -2.90. The van der Waals surface area contributed by atoms with E-state index in [-0.39, 0.29) is 25.1 Å². The van der Waals surface area contributed by atoms with Crippen molar-refractivity contribution >= 4 is 12.0 Å². The van der Waals surface area contributed by atoms with Gasteiger partial charge in [0.05, 0.1) is 24.7 Å². The number of hydrogen-bond donors (Lipinski definition) is 0. The Morgan fingerprint density at radius 3 is 2.64 bits per heavy atom. The van der Waals surface area contributed by atoms with E-state index in [4.69, 9.17) is 4.74 Å². The highest BCUT2D eigenvalue weighted by Gasteiger charge is 2.68. The molecule has 174 valence electrons. The smallest absolute Gasteiger partial charge is 0.405 e.